The number of alkyl halides is 2. The average Bonchev–Trinajstić information content (AvgIpc) is 2.68. The molecule has 0 amide bonds. The maximum absolute atomic E-state index is 12.0. The maximum atomic E-state index is 12.0. The summed E-state index contributed by atoms with van der Waals surface area (Å²) in [4.78, 5) is 0. The highest BCUT2D eigenvalue weighted by molar-refractivity contribution is 5.35. The van der Waals surface area contributed by atoms with E-state index in [4.69, 9.17) is 5.73 Å². The quantitative estimate of drug-likeness (QED) is 0.926. The number of hydrogen-bond acceptors (Lipinski definition) is 3. The molecule has 0 aliphatic carbocycles. The van der Waals surface area contributed by atoms with Gasteiger partial charge < -0.3 is 10.5 Å². The molecule has 0 bridgehead atoms. The molecule has 4 nitrogen and oxygen atoms in total. The first-order chi connectivity index (χ1) is 8.97. The third-order valence-electron chi connectivity index (χ3n) is 2.84. The second-order valence-corrected chi connectivity index (χ2v) is 4.28. The van der Waals surface area contributed by atoms with Gasteiger partial charge in [0, 0.05) is 6.07 Å². The molecule has 0 spiro atoms. The second kappa shape index (κ2) is 5.26. The van der Waals surface area contributed by atoms with Crippen LogP contribution < -0.4 is 10.5 Å². The molecule has 1 heterocycles. The van der Waals surface area contributed by atoms with Gasteiger partial charge in [-0.2, -0.15) is 13.9 Å². The van der Waals surface area contributed by atoms with Gasteiger partial charge in [-0.25, -0.2) is 4.68 Å². The highest BCUT2D eigenvalue weighted by atomic mass is 19.3. The van der Waals surface area contributed by atoms with Crippen molar-refractivity contribution in [3.8, 4) is 5.75 Å². The highest BCUT2D eigenvalue weighted by Crippen LogP contribution is 2.23. The number of nitrogens with zero attached hydrogens (tertiary/aromatic N) is 2. The minimum atomic E-state index is -2.81. The molecule has 102 valence electrons. The van der Waals surface area contributed by atoms with E-state index in [0.717, 1.165) is 11.3 Å². The van der Waals surface area contributed by atoms with Gasteiger partial charge in [0.2, 0.25) is 0 Å². The van der Waals surface area contributed by atoms with Crippen molar-refractivity contribution in [3.05, 3.63) is 41.6 Å². The summed E-state index contributed by atoms with van der Waals surface area (Å²) in [6, 6.07) is 8.16. The Morgan fingerprint density at radius 2 is 1.89 bits per heavy atom. The number of aromatic nitrogens is 2. The smallest absolute Gasteiger partial charge is 0.387 e. The third kappa shape index (κ3) is 3.01. The fourth-order valence-corrected chi connectivity index (χ4v) is 1.92. The van der Waals surface area contributed by atoms with Crippen LogP contribution in [-0.2, 0) is 0 Å². The van der Waals surface area contributed by atoms with E-state index in [1.54, 1.807) is 22.9 Å². The zero-order chi connectivity index (χ0) is 14.0. The van der Waals surface area contributed by atoms with Crippen LogP contribution in [0.1, 0.15) is 24.2 Å². The van der Waals surface area contributed by atoms with E-state index in [1.807, 2.05) is 13.8 Å². The van der Waals surface area contributed by atoms with Crippen LogP contribution in [0.5, 0.6) is 5.75 Å². The van der Waals surface area contributed by atoms with Gasteiger partial charge in [-0.05, 0) is 31.5 Å². The summed E-state index contributed by atoms with van der Waals surface area (Å²) < 4.78 is 30.1. The van der Waals surface area contributed by atoms with Crippen LogP contribution in [0.25, 0.3) is 0 Å². The molecule has 0 fully saturated rings. The highest BCUT2D eigenvalue weighted by Gasteiger charge is 2.13. The van der Waals surface area contributed by atoms with Gasteiger partial charge in [0.1, 0.15) is 11.6 Å². The van der Waals surface area contributed by atoms with Crippen molar-refractivity contribution in [2.45, 2.75) is 26.5 Å². The van der Waals surface area contributed by atoms with E-state index >= 15 is 0 Å². The predicted molar refractivity (Wildman–Crippen MR) is 68.3 cm³/mol. The van der Waals surface area contributed by atoms with Gasteiger partial charge in [0.05, 0.1) is 11.7 Å². The molecular weight excluding hydrogens is 252 g/mol. The fraction of sp³-hybridized carbons (Fsp3) is 0.308. The van der Waals surface area contributed by atoms with Gasteiger partial charge in [-0.3, -0.25) is 0 Å². The molecule has 1 unspecified atom stereocenters. The Bertz CT molecular complexity index is 552. The summed E-state index contributed by atoms with van der Waals surface area (Å²) in [5, 5.41) is 4.30. The molecule has 1 aromatic heterocycles. The molecule has 1 aromatic carbocycles. The van der Waals surface area contributed by atoms with Crippen LogP contribution in [0.2, 0.25) is 0 Å². The maximum Gasteiger partial charge on any atom is 0.387 e. The van der Waals surface area contributed by atoms with E-state index in [2.05, 4.69) is 9.84 Å². The second-order valence-electron chi connectivity index (χ2n) is 4.28. The number of anilines is 1. The number of rotatable bonds is 4. The topological polar surface area (TPSA) is 53.1 Å². The first-order valence-electron chi connectivity index (χ1n) is 5.84. The van der Waals surface area contributed by atoms with E-state index in [9.17, 15) is 8.78 Å². The van der Waals surface area contributed by atoms with Gasteiger partial charge in [0.25, 0.3) is 0 Å². The van der Waals surface area contributed by atoms with Crippen molar-refractivity contribution in [2.75, 3.05) is 5.73 Å². The monoisotopic (exact) mass is 267 g/mol. The Morgan fingerprint density at radius 1 is 1.26 bits per heavy atom. The molecule has 2 N–H and O–H groups in total. The molecule has 2 rings (SSSR count). The number of benzene rings is 1. The number of nitrogen functional groups attached to an aromatic ring is 1. The zero-order valence-electron chi connectivity index (χ0n) is 10.7. The molecule has 6 heteroatoms. The minimum absolute atomic E-state index is 0.0747. The van der Waals surface area contributed by atoms with Crippen molar-refractivity contribution >= 4 is 5.82 Å². The normalized spacial score (nSPS) is 12.7. The minimum Gasteiger partial charge on any atom is -0.435 e. The first kappa shape index (κ1) is 13.3. The lowest BCUT2D eigenvalue weighted by molar-refractivity contribution is -0.0498. The first-order valence-corrected chi connectivity index (χ1v) is 5.84. The molecule has 2 aromatic rings. The lowest BCUT2D eigenvalue weighted by Gasteiger charge is -2.15. The number of hydrogen-bond donors (Lipinski definition) is 1. The largest absolute Gasteiger partial charge is 0.435 e. The molecule has 0 saturated heterocycles. The number of aryl methyl sites for hydroxylation is 1. The van der Waals surface area contributed by atoms with Crippen LogP contribution in [0.15, 0.2) is 30.3 Å². The summed E-state index contributed by atoms with van der Waals surface area (Å²) in [7, 11) is 0. The Balaban J connectivity index is 2.20. The van der Waals surface area contributed by atoms with Crippen LogP contribution >= 0.6 is 0 Å². The van der Waals surface area contributed by atoms with Crippen molar-refractivity contribution < 1.29 is 13.5 Å². The lowest BCUT2D eigenvalue weighted by atomic mass is 10.1. The van der Waals surface area contributed by atoms with Crippen molar-refractivity contribution in [1.29, 1.82) is 0 Å². The lowest BCUT2D eigenvalue weighted by Crippen LogP contribution is -2.11. The van der Waals surface area contributed by atoms with Crippen molar-refractivity contribution in [2.24, 2.45) is 0 Å². The van der Waals surface area contributed by atoms with Gasteiger partial charge in [-0.1, -0.05) is 12.1 Å². The Hall–Kier alpha value is -2.11. The molecule has 19 heavy (non-hydrogen) atoms. The Kier molecular flexibility index (Phi) is 3.69. The van der Waals surface area contributed by atoms with E-state index in [-0.39, 0.29) is 11.8 Å². The summed E-state index contributed by atoms with van der Waals surface area (Å²) in [6.07, 6.45) is 0. The average molecular weight is 267 g/mol. The van der Waals surface area contributed by atoms with Crippen molar-refractivity contribution in [1.82, 2.24) is 9.78 Å². The van der Waals surface area contributed by atoms with Crippen LogP contribution in [0.3, 0.4) is 0 Å². The van der Waals surface area contributed by atoms with Crippen LogP contribution in [-0.4, -0.2) is 16.4 Å². The Labute approximate surface area is 109 Å². The number of nitrogens with two attached hydrogens (primary N) is 1. The number of halogens is 2. The molecule has 0 saturated carbocycles. The predicted octanol–water partition coefficient (Wildman–Crippen LogP) is 2.98. The summed E-state index contributed by atoms with van der Waals surface area (Å²) >= 11 is 0. The zero-order valence-corrected chi connectivity index (χ0v) is 10.7. The standard InChI is InChI=1S/C13H15F2N3O/c1-8-7-12(16)18(17-8)9(2)10-3-5-11(6-4-10)19-13(14)15/h3-7,9,13H,16H2,1-2H3. The summed E-state index contributed by atoms with van der Waals surface area (Å²) in [5.74, 6) is 0.702. The van der Waals surface area contributed by atoms with Gasteiger partial charge in [-0.15, -0.1) is 0 Å². The van der Waals surface area contributed by atoms with Gasteiger partial charge in [0.15, 0.2) is 0 Å². The molecule has 0 radical (unpaired) electrons. The molecule has 0 aliphatic heterocycles. The molecule has 0 aliphatic rings. The van der Waals surface area contributed by atoms with E-state index in [0.29, 0.717) is 5.82 Å². The van der Waals surface area contributed by atoms with Gasteiger partial charge >= 0.3 is 6.61 Å². The van der Waals surface area contributed by atoms with Crippen LogP contribution in [0, 0.1) is 6.92 Å². The third-order valence-corrected chi connectivity index (χ3v) is 2.84. The summed E-state index contributed by atoms with van der Waals surface area (Å²) in [5.41, 5.74) is 7.60. The van der Waals surface area contributed by atoms with Crippen molar-refractivity contribution in [3.63, 3.8) is 0 Å². The van der Waals surface area contributed by atoms with Crippen LogP contribution in [0.4, 0.5) is 14.6 Å². The van der Waals surface area contributed by atoms with E-state index in [1.165, 1.54) is 12.1 Å². The fourth-order valence-electron chi connectivity index (χ4n) is 1.92. The molecular formula is C13H15F2N3O. The SMILES string of the molecule is Cc1cc(N)n(C(C)c2ccc(OC(F)F)cc2)n1. The number of ether oxygens (including phenoxy) is 1. The van der Waals surface area contributed by atoms with E-state index < -0.39 is 6.61 Å². The molecule has 1 atom stereocenters. The Morgan fingerprint density at radius 3 is 2.37 bits per heavy atom. The summed E-state index contributed by atoms with van der Waals surface area (Å²) in [6.45, 7) is 0.984.